The first-order chi connectivity index (χ1) is 9.63. The van der Waals surface area contributed by atoms with Crippen molar-refractivity contribution >= 4 is 15.9 Å². The Morgan fingerprint density at radius 3 is 2.45 bits per heavy atom. The molecule has 0 radical (unpaired) electrons. The molecule has 4 heteroatoms. The van der Waals surface area contributed by atoms with E-state index in [1.54, 1.807) is 7.11 Å². The average molecular weight is 338 g/mol. The molecule has 1 atom stereocenters. The molecule has 0 saturated carbocycles. The molecule has 20 heavy (non-hydrogen) atoms. The zero-order valence-electron chi connectivity index (χ0n) is 11.5. The third-order valence-electron chi connectivity index (χ3n) is 3.28. The van der Waals surface area contributed by atoms with Gasteiger partial charge in [-0.3, -0.25) is 0 Å². The van der Waals surface area contributed by atoms with Crippen LogP contribution in [0.4, 0.5) is 4.39 Å². The molecule has 2 rings (SSSR count). The van der Waals surface area contributed by atoms with E-state index in [2.05, 4.69) is 21.2 Å². The number of hydrogen-bond donors (Lipinski definition) is 1. The van der Waals surface area contributed by atoms with E-state index in [1.807, 2.05) is 37.4 Å². The van der Waals surface area contributed by atoms with Crippen LogP contribution in [-0.2, 0) is 6.42 Å². The topological polar surface area (TPSA) is 21.3 Å². The van der Waals surface area contributed by atoms with Gasteiger partial charge in [-0.25, -0.2) is 4.39 Å². The van der Waals surface area contributed by atoms with E-state index in [0.717, 1.165) is 22.2 Å². The van der Waals surface area contributed by atoms with Gasteiger partial charge in [0.1, 0.15) is 11.6 Å². The highest BCUT2D eigenvalue weighted by atomic mass is 79.9. The molecule has 0 aliphatic heterocycles. The number of nitrogens with one attached hydrogen (secondary N) is 1. The van der Waals surface area contributed by atoms with Crippen LogP contribution < -0.4 is 10.1 Å². The molecular weight excluding hydrogens is 321 g/mol. The van der Waals surface area contributed by atoms with Gasteiger partial charge in [0, 0.05) is 6.04 Å². The summed E-state index contributed by atoms with van der Waals surface area (Å²) in [5, 5.41) is 3.27. The van der Waals surface area contributed by atoms with E-state index in [-0.39, 0.29) is 11.9 Å². The lowest BCUT2D eigenvalue weighted by molar-refractivity contribution is 0.412. The second kappa shape index (κ2) is 6.86. The van der Waals surface area contributed by atoms with Crippen molar-refractivity contribution in [3.63, 3.8) is 0 Å². The zero-order chi connectivity index (χ0) is 14.5. The van der Waals surface area contributed by atoms with E-state index >= 15 is 0 Å². The van der Waals surface area contributed by atoms with Crippen molar-refractivity contribution in [2.75, 3.05) is 14.2 Å². The molecule has 0 saturated heterocycles. The predicted molar refractivity (Wildman–Crippen MR) is 82.6 cm³/mol. The molecule has 2 aromatic rings. The molecule has 0 fully saturated rings. The van der Waals surface area contributed by atoms with E-state index in [0.29, 0.717) is 0 Å². The fraction of sp³-hybridized carbons (Fsp3) is 0.250. The van der Waals surface area contributed by atoms with Crippen molar-refractivity contribution in [3.8, 4) is 5.75 Å². The predicted octanol–water partition coefficient (Wildman–Crippen LogP) is 4.10. The maximum Gasteiger partial charge on any atom is 0.133 e. The van der Waals surface area contributed by atoms with Crippen LogP contribution in [0.25, 0.3) is 0 Å². The van der Waals surface area contributed by atoms with Crippen molar-refractivity contribution in [1.29, 1.82) is 0 Å². The number of methoxy groups -OCH3 is 1. The standard InChI is InChI=1S/C16H17BrFNO/c1-19-15(12-4-6-13(18)7-5-12)10-11-3-8-16(20-2)14(17)9-11/h3-9,15,19H,10H2,1-2H3. The van der Waals surface area contributed by atoms with Gasteiger partial charge in [-0.2, -0.15) is 0 Å². The van der Waals surface area contributed by atoms with E-state index < -0.39 is 0 Å². The molecule has 0 spiro atoms. The third kappa shape index (κ3) is 3.58. The smallest absolute Gasteiger partial charge is 0.133 e. The number of hydrogen-bond acceptors (Lipinski definition) is 2. The van der Waals surface area contributed by atoms with Crippen LogP contribution in [0.2, 0.25) is 0 Å². The summed E-state index contributed by atoms with van der Waals surface area (Å²) in [4.78, 5) is 0. The van der Waals surface area contributed by atoms with Crippen LogP contribution >= 0.6 is 15.9 Å². The third-order valence-corrected chi connectivity index (χ3v) is 3.90. The molecule has 1 N–H and O–H groups in total. The van der Waals surface area contributed by atoms with Crippen molar-refractivity contribution < 1.29 is 9.13 Å². The lowest BCUT2D eigenvalue weighted by Crippen LogP contribution is -2.18. The van der Waals surface area contributed by atoms with Gasteiger partial charge in [-0.15, -0.1) is 0 Å². The van der Waals surface area contributed by atoms with Crippen LogP contribution in [0.5, 0.6) is 5.75 Å². The van der Waals surface area contributed by atoms with Crippen LogP contribution in [0.3, 0.4) is 0 Å². The minimum Gasteiger partial charge on any atom is -0.496 e. The van der Waals surface area contributed by atoms with Crippen molar-refractivity contribution in [2.24, 2.45) is 0 Å². The Kier molecular flexibility index (Phi) is 5.15. The molecule has 0 bridgehead atoms. The molecule has 106 valence electrons. The Hall–Kier alpha value is -1.39. The van der Waals surface area contributed by atoms with Crippen LogP contribution in [0.1, 0.15) is 17.2 Å². The van der Waals surface area contributed by atoms with Crippen molar-refractivity contribution in [1.82, 2.24) is 5.32 Å². The van der Waals surface area contributed by atoms with Crippen molar-refractivity contribution in [2.45, 2.75) is 12.5 Å². The molecule has 0 aliphatic rings. The lowest BCUT2D eigenvalue weighted by atomic mass is 9.99. The fourth-order valence-corrected chi connectivity index (χ4v) is 2.74. The summed E-state index contributed by atoms with van der Waals surface area (Å²) in [6.07, 6.45) is 0.824. The normalized spacial score (nSPS) is 12.2. The van der Waals surface area contributed by atoms with Gasteiger partial charge in [0.25, 0.3) is 0 Å². The highest BCUT2D eigenvalue weighted by molar-refractivity contribution is 9.10. The highest BCUT2D eigenvalue weighted by Crippen LogP contribution is 2.27. The number of ether oxygens (including phenoxy) is 1. The molecule has 1 unspecified atom stereocenters. The second-order valence-corrected chi connectivity index (χ2v) is 5.42. The fourth-order valence-electron chi connectivity index (χ4n) is 2.15. The molecule has 0 aromatic heterocycles. The quantitative estimate of drug-likeness (QED) is 0.886. The molecule has 0 amide bonds. The summed E-state index contributed by atoms with van der Waals surface area (Å²) < 4.78 is 19.1. The number of halogens is 2. The summed E-state index contributed by atoms with van der Waals surface area (Å²) in [7, 11) is 3.56. The first kappa shape index (κ1) is 15.0. The average Bonchev–Trinajstić information content (AvgIpc) is 2.46. The SMILES string of the molecule is CNC(Cc1ccc(OC)c(Br)c1)c1ccc(F)cc1. The Bertz CT molecular complexity index is 571. The largest absolute Gasteiger partial charge is 0.496 e. The van der Waals surface area contributed by atoms with Crippen LogP contribution in [-0.4, -0.2) is 14.2 Å². The van der Waals surface area contributed by atoms with Gasteiger partial charge in [-0.05, 0) is 64.8 Å². The Balaban J connectivity index is 2.17. The molecule has 0 aliphatic carbocycles. The van der Waals surface area contributed by atoms with Gasteiger partial charge in [0.2, 0.25) is 0 Å². The first-order valence-corrected chi connectivity index (χ1v) is 7.18. The van der Waals surface area contributed by atoms with Crippen LogP contribution in [0.15, 0.2) is 46.9 Å². The maximum absolute atomic E-state index is 13.0. The molecule has 2 aromatic carbocycles. The van der Waals surface area contributed by atoms with Gasteiger partial charge in [-0.1, -0.05) is 18.2 Å². The summed E-state index contributed by atoms with van der Waals surface area (Å²) in [6.45, 7) is 0. The molecular formula is C16H17BrFNO. The zero-order valence-corrected chi connectivity index (χ0v) is 13.1. The summed E-state index contributed by atoms with van der Waals surface area (Å²) >= 11 is 3.49. The maximum atomic E-state index is 13.0. The van der Waals surface area contributed by atoms with Gasteiger partial charge < -0.3 is 10.1 Å². The second-order valence-electron chi connectivity index (χ2n) is 4.57. The monoisotopic (exact) mass is 337 g/mol. The van der Waals surface area contributed by atoms with Gasteiger partial charge >= 0.3 is 0 Å². The molecule has 0 heterocycles. The Labute approximate surface area is 127 Å². The number of likely N-dealkylation sites (N-methyl/N-ethyl adjacent to an activating group) is 1. The van der Waals surface area contributed by atoms with Gasteiger partial charge in [0.05, 0.1) is 11.6 Å². The number of rotatable bonds is 5. The summed E-state index contributed by atoms with van der Waals surface area (Å²) in [6, 6.07) is 12.8. The first-order valence-electron chi connectivity index (χ1n) is 6.39. The number of benzene rings is 2. The highest BCUT2D eigenvalue weighted by Gasteiger charge is 2.11. The Morgan fingerprint density at radius 2 is 1.90 bits per heavy atom. The summed E-state index contributed by atoms with van der Waals surface area (Å²) in [5.41, 5.74) is 2.25. The van der Waals surface area contributed by atoms with Crippen LogP contribution in [0, 0.1) is 5.82 Å². The minimum absolute atomic E-state index is 0.149. The van der Waals surface area contributed by atoms with E-state index in [1.165, 1.54) is 17.7 Å². The van der Waals surface area contributed by atoms with Gasteiger partial charge in [0.15, 0.2) is 0 Å². The van der Waals surface area contributed by atoms with Crippen molar-refractivity contribution in [3.05, 3.63) is 63.9 Å². The summed E-state index contributed by atoms with van der Waals surface area (Å²) in [5.74, 6) is 0.604. The lowest BCUT2D eigenvalue weighted by Gasteiger charge is -2.17. The molecule has 2 nitrogen and oxygen atoms in total. The minimum atomic E-state index is -0.212. The Morgan fingerprint density at radius 1 is 1.20 bits per heavy atom. The van der Waals surface area contributed by atoms with E-state index in [9.17, 15) is 4.39 Å². The van der Waals surface area contributed by atoms with E-state index in [4.69, 9.17) is 4.74 Å².